The van der Waals surface area contributed by atoms with Crippen LogP contribution in [0.5, 0.6) is 0 Å². The topological polar surface area (TPSA) is 68.0 Å². The fraction of sp³-hybridized carbons (Fsp3) is 0.538. The van der Waals surface area contributed by atoms with Crippen molar-refractivity contribution in [1.29, 1.82) is 0 Å². The maximum absolute atomic E-state index is 11.9. The van der Waals surface area contributed by atoms with Gasteiger partial charge in [-0.2, -0.15) is 0 Å². The van der Waals surface area contributed by atoms with Crippen LogP contribution in [0.15, 0.2) is 18.3 Å². The summed E-state index contributed by atoms with van der Waals surface area (Å²) in [5.74, 6) is 0.184. The van der Waals surface area contributed by atoms with Crippen molar-refractivity contribution in [2.45, 2.75) is 32.6 Å². The van der Waals surface area contributed by atoms with Gasteiger partial charge in [-0.05, 0) is 36.8 Å². The molecule has 0 unspecified atom stereocenters. The van der Waals surface area contributed by atoms with Crippen LogP contribution >= 0.6 is 0 Å². The number of carbonyl (C=O) groups excluding carboxylic acids is 1. The van der Waals surface area contributed by atoms with Gasteiger partial charge < -0.3 is 11.1 Å². The number of hydrogen-bond donors (Lipinski definition) is 2. The third-order valence-corrected chi connectivity index (χ3v) is 3.44. The average Bonchev–Trinajstić information content (AvgIpc) is 3.08. The van der Waals surface area contributed by atoms with Gasteiger partial charge >= 0.3 is 0 Å². The molecule has 1 aromatic rings. The van der Waals surface area contributed by atoms with E-state index in [-0.39, 0.29) is 5.91 Å². The fourth-order valence-corrected chi connectivity index (χ4v) is 2.19. The fourth-order valence-electron chi connectivity index (χ4n) is 2.19. The Morgan fingerprint density at radius 3 is 2.94 bits per heavy atom. The smallest absolute Gasteiger partial charge is 0.255 e. The minimum Gasteiger partial charge on any atom is -0.383 e. The van der Waals surface area contributed by atoms with Crippen molar-refractivity contribution in [2.24, 2.45) is 5.41 Å². The largest absolute Gasteiger partial charge is 0.383 e. The molecule has 1 aliphatic carbocycles. The van der Waals surface area contributed by atoms with E-state index < -0.39 is 0 Å². The minimum absolute atomic E-state index is 0.113. The van der Waals surface area contributed by atoms with Crippen LogP contribution in [0.2, 0.25) is 0 Å². The van der Waals surface area contributed by atoms with Crippen molar-refractivity contribution < 1.29 is 4.79 Å². The number of amides is 1. The summed E-state index contributed by atoms with van der Waals surface area (Å²) in [7, 11) is 0. The molecule has 4 nitrogen and oxygen atoms in total. The minimum atomic E-state index is -0.113. The third kappa shape index (κ3) is 2.75. The number of hydrogen-bond acceptors (Lipinski definition) is 3. The van der Waals surface area contributed by atoms with E-state index in [4.69, 9.17) is 5.73 Å². The summed E-state index contributed by atoms with van der Waals surface area (Å²) >= 11 is 0. The van der Waals surface area contributed by atoms with Gasteiger partial charge in [0.1, 0.15) is 5.82 Å². The zero-order valence-corrected chi connectivity index (χ0v) is 10.2. The normalized spacial score (nSPS) is 16.5. The van der Waals surface area contributed by atoms with E-state index in [1.807, 2.05) is 0 Å². The Bertz CT molecular complexity index is 413. The molecule has 92 valence electrons. The molecular weight excluding hydrogens is 214 g/mol. The summed E-state index contributed by atoms with van der Waals surface area (Å²) in [4.78, 5) is 15.8. The van der Waals surface area contributed by atoms with Crippen molar-refractivity contribution in [1.82, 2.24) is 10.3 Å². The molecule has 4 heteroatoms. The van der Waals surface area contributed by atoms with E-state index in [0.717, 1.165) is 6.54 Å². The zero-order chi connectivity index (χ0) is 12.3. The monoisotopic (exact) mass is 233 g/mol. The second-order valence-corrected chi connectivity index (χ2v) is 4.87. The molecule has 1 amide bonds. The number of aromatic nitrogens is 1. The lowest BCUT2D eigenvalue weighted by molar-refractivity contribution is 0.0944. The molecule has 2 rings (SSSR count). The van der Waals surface area contributed by atoms with Crippen LogP contribution in [0.1, 0.15) is 43.0 Å². The van der Waals surface area contributed by atoms with Crippen LogP contribution < -0.4 is 11.1 Å². The second kappa shape index (κ2) is 4.73. The number of pyridine rings is 1. The van der Waals surface area contributed by atoms with Gasteiger partial charge in [0.2, 0.25) is 0 Å². The number of rotatable bonds is 5. The van der Waals surface area contributed by atoms with Crippen LogP contribution in [0.3, 0.4) is 0 Å². The lowest BCUT2D eigenvalue weighted by Gasteiger charge is -2.15. The van der Waals surface area contributed by atoms with E-state index >= 15 is 0 Å². The first-order chi connectivity index (χ1) is 8.17. The van der Waals surface area contributed by atoms with Gasteiger partial charge in [-0.1, -0.05) is 13.3 Å². The van der Waals surface area contributed by atoms with Crippen LogP contribution in [0, 0.1) is 5.41 Å². The number of anilines is 1. The number of nitrogen functional groups attached to an aromatic ring is 1. The zero-order valence-electron chi connectivity index (χ0n) is 10.2. The molecule has 0 spiro atoms. The summed E-state index contributed by atoms with van der Waals surface area (Å²) in [6, 6.07) is 3.43. The highest BCUT2D eigenvalue weighted by Crippen LogP contribution is 2.48. The first-order valence-electron chi connectivity index (χ1n) is 6.15. The van der Waals surface area contributed by atoms with Gasteiger partial charge in [0, 0.05) is 12.7 Å². The number of carbonyl (C=O) groups is 1. The lowest BCUT2D eigenvalue weighted by atomic mass is 10.0. The van der Waals surface area contributed by atoms with Crippen molar-refractivity contribution in [3.8, 4) is 0 Å². The molecular formula is C13H19N3O. The highest BCUT2D eigenvalue weighted by atomic mass is 16.1. The molecule has 0 radical (unpaired) electrons. The van der Waals surface area contributed by atoms with Gasteiger partial charge in [-0.3, -0.25) is 4.79 Å². The van der Waals surface area contributed by atoms with Crippen molar-refractivity contribution in [3.63, 3.8) is 0 Å². The molecule has 3 N–H and O–H groups in total. The average molecular weight is 233 g/mol. The van der Waals surface area contributed by atoms with Crippen LogP contribution in [-0.2, 0) is 0 Å². The van der Waals surface area contributed by atoms with Gasteiger partial charge in [0.15, 0.2) is 0 Å². The highest BCUT2D eigenvalue weighted by molar-refractivity contribution is 5.98. The number of nitrogens with zero attached hydrogens (tertiary/aromatic N) is 1. The molecule has 0 aliphatic heterocycles. The summed E-state index contributed by atoms with van der Waals surface area (Å²) < 4.78 is 0. The Morgan fingerprint density at radius 1 is 1.59 bits per heavy atom. The van der Waals surface area contributed by atoms with E-state index in [9.17, 15) is 4.79 Å². The van der Waals surface area contributed by atoms with Gasteiger partial charge in [0.25, 0.3) is 5.91 Å². The summed E-state index contributed by atoms with van der Waals surface area (Å²) in [6.07, 6.45) is 6.40. The maximum Gasteiger partial charge on any atom is 0.255 e. The van der Waals surface area contributed by atoms with Crippen molar-refractivity contribution in [3.05, 3.63) is 23.9 Å². The Hall–Kier alpha value is -1.58. The summed E-state index contributed by atoms with van der Waals surface area (Å²) in [6.45, 7) is 2.94. The first kappa shape index (κ1) is 11.9. The van der Waals surface area contributed by atoms with Crippen LogP contribution in [-0.4, -0.2) is 17.4 Å². The van der Waals surface area contributed by atoms with Crippen LogP contribution in [0.4, 0.5) is 5.82 Å². The van der Waals surface area contributed by atoms with E-state index in [0.29, 0.717) is 16.8 Å². The molecule has 1 aromatic heterocycles. The predicted octanol–water partition coefficient (Wildman–Crippen LogP) is 1.97. The van der Waals surface area contributed by atoms with Crippen molar-refractivity contribution in [2.75, 3.05) is 12.3 Å². The first-order valence-corrected chi connectivity index (χ1v) is 6.15. The molecule has 1 saturated carbocycles. The number of nitrogens with two attached hydrogens (primary N) is 1. The molecule has 1 heterocycles. The van der Waals surface area contributed by atoms with Crippen LogP contribution in [0.25, 0.3) is 0 Å². The molecule has 1 fully saturated rings. The molecule has 1 aliphatic rings. The Kier molecular flexibility index (Phi) is 3.31. The SMILES string of the molecule is CCCC1(CNC(=O)c2cccnc2N)CC1. The Morgan fingerprint density at radius 2 is 2.35 bits per heavy atom. The predicted molar refractivity (Wildman–Crippen MR) is 67.6 cm³/mol. The third-order valence-electron chi connectivity index (χ3n) is 3.44. The molecule has 0 saturated heterocycles. The quantitative estimate of drug-likeness (QED) is 0.817. The van der Waals surface area contributed by atoms with E-state index in [1.165, 1.54) is 25.7 Å². The van der Waals surface area contributed by atoms with E-state index in [2.05, 4.69) is 17.2 Å². The molecule has 17 heavy (non-hydrogen) atoms. The second-order valence-electron chi connectivity index (χ2n) is 4.87. The van der Waals surface area contributed by atoms with Crippen molar-refractivity contribution >= 4 is 11.7 Å². The Labute approximate surface area is 102 Å². The van der Waals surface area contributed by atoms with E-state index in [1.54, 1.807) is 18.3 Å². The van der Waals surface area contributed by atoms with Gasteiger partial charge in [0.05, 0.1) is 5.56 Å². The maximum atomic E-state index is 11.9. The van der Waals surface area contributed by atoms with Gasteiger partial charge in [-0.25, -0.2) is 4.98 Å². The Balaban J connectivity index is 1.92. The summed E-state index contributed by atoms with van der Waals surface area (Å²) in [5.41, 5.74) is 6.50. The number of nitrogens with one attached hydrogen (secondary N) is 1. The molecule has 0 aromatic carbocycles. The lowest BCUT2D eigenvalue weighted by Crippen LogP contribution is -2.30. The molecule has 0 atom stereocenters. The molecule has 0 bridgehead atoms. The summed E-state index contributed by atoms with van der Waals surface area (Å²) in [5, 5.41) is 2.97. The standard InChI is InChI=1S/C13H19N3O/c1-2-5-13(6-7-13)9-16-12(17)10-4-3-8-15-11(10)14/h3-4,8H,2,5-7,9H2,1H3,(H2,14,15)(H,16,17). The highest BCUT2D eigenvalue weighted by Gasteiger charge is 2.41. The van der Waals surface area contributed by atoms with Gasteiger partial charge in [-0.15, -0.1) is 0 Å².